The molecule has 2 N–H and O–H groups in total. The summed E-state index contributed by atoms with van der Waals surface area (Å²) >= 11 is 0. The minimum Gasteiger partial charge on any atom is -0.478 e. The highest BCUT2D eigenvalue weighted by Gasteiger charge is 2.29. The number of hydrogen-bond donors (Lipinski definition) is 2. The predicted molar refractivity (Wildman–Crippen MR) is 148 cm³/mol. The number of carboxylic acids is 1. The van der Waals surface area contributed by atoms with Crippen LogP contribution in [0.2, 0.25) is 0 Å². The standard InChI is InChI=1S/C30H44N4O3/c1-23-17-33(19-25-8-10-28(11-9-25)29(35)36)18-24(2)34(23)21-27-7-5-6-26(16-27)20-31-12-14-32(15-13-31)22-30(3,4)37/h5-11,16,23-24,37H,12-15,17-22H2,1-4H3,(H,35,36)/t23-,24+. The van der Waals surface area contributed by atoms with Gasteiger partial charge >= 0.3 is 5.97 Å². The molecule has 0 amide bonds. The number of rotatable bonds is 9. The lowest BCUT2D eigenvalue weighted by Crippen LogP contribution is -2.55. The molecule has 2 aromatic carbocycles. The second kappa shape index (κ2) is 12.0. The Morgan fingerprint density at radius 1 is 0.811 bits per heavy atom. The monoisotopic (exact) mass is 508 g/mol. The summed E-state index contributed by atoms with van der Waals surface area (Å²) in [6.07, 6.45) is 0. The van der Waals surface area contributed by atoms with Crippen LogP contribution >= 0.6 is 0 Å². The molecule has 2 heterocycles. The summed E-state index contributed by atoms with van der Waals surface area (Å²) in [5.74, 6) is -0.878. The van der Waals surface area contributed by atoms with Gasteiger partial charge in [0, 0.05) is 77.5 Å². The van der Waals surface area contributed by atoms with Gasteiger partial charge in [0.1, 0.15) is 0 Å². The van der Waals surface area contributed by atoms with E-state index in [0.29, 0.717) is 17.6 Å². The van der Waals surface area contributed by atoms with Gasteiger partial charge in [-0.3, -0.25) is 19.6 Å². The van der Waals surface area contributed by atoms with E-state index in [2.05, 4.69) is 57.7 Å². The van der Waals surface area contributed by atoms with Crippen molar-refractivity contribution in [3.05, 3.63) is 70.8 Å². The molecule has 0 saturated carbocycles. The number of hydrogen-bond acceptors (Lipinski definition) is 6. The summed E-state index contributed by atoms with van der Waals surface area (Å²) < 4.78 is 0. The molecule has 2 aliphatic rings. The molecule has 2 aliphatic heterocycles. The Morgan fingerprint density at radius 3 is 1.92 bits per heavy atom. The van der Waals surface area contributed by atoms with Crippen LogP contribution in [0.25, 0.3) is 0 Å². The Bertz CT molecular complexity index is 1020. The molecule has 0 unspecified atom stereocenters. The number of benzene rings is 2. The summed E-state index contributed by atoms with van der Waals surface area (Å²) in [6.45, 7) is 18.0. The highest BCUT2D eigenvalue weighted by Crippen LogP contribution is 2.22. The van der Waals surface area contributed by atoms with Crippen LogP contribution in [0, 0.1) is 0 Å². The molecule has 0 aliphatic carbocycles. The smallest absolute Gasteiger partial charge is 0.335 e. The second-order valence-electron chi connectivity index (χ2n) is 11.8. The zero-order valence-corrected chi connectivity index (χ0v) is 22.9. The van der Waals surface area contributed by atoms with Crippen LogP contribution in [0.4, 0.5) is 0 Å². The van der Waals surface area contributed by atoms with E-state index >= 15 is 0 Å². The summed E-state index contributed by atoms with van der Waals surface area (Å²) in [5.41, 5.74) is 3.60. The number of aromatic carboxylic acids is 1. The first-order valence-corrected chi connectivity index (χ1v) is 13.6. The Labute approximate surface area is 222 Å². The predicted octanol–water partition coefficient (Wildman–Crippen LogP) is 3.37. The maximum absolute atomic E-state index is 11.1. The third-order valence-electron chi connectivity index (χ3n) is 7.62. The van der Waals surface area contributed by atoms with Crippen molar-refractivity contribution in [3.8, 4) is 0 Å². The van der Waals surface area contributed by atoms with Gasteiger partial charge in [-0.2, -0.15) is 0 Å². The van der Waals surface area contributed by atoms with Crippen LogP contribution in [0.1, 0.15) is 54.7 Å². The van der Waals surface area contributed by atoms with Crippen molar-refractivity contribution < 1.29 is 15.0 Å². The van der Waals surface area contributed by atoms with Gasteiger partial charge < -0.3 is 10.2 Å². The van der Waals surface area contributed by atoms with Crippen molar-refractivity contribution in [3.63, 3.8) is 0 Å². The molecule has 0 spiro atoms. The summed E-state index contributed by atoms with van der Waals surface area (Å²) in [7, 11) is 0. The summed E-state index contributed by atoms with van der Waals surface area (Å²) in [4.78, 5) is 21.1. The first-order chi connectivity index (χ1) is 17.6. The van der Waals surface area contributed by atoms with Gasteiger partial charge in [0.05, 0.1) is 11.2 Å². The number of carboxylic acid groups (broad SMARTS) is 1. The molecule has 2 aromatic rings. The van der Waals surface area contributed by atoms with E-state index in [0.717, 1.165) is 71.0 Å². The van der Waals surface area contributed by atoms with E-state index in [9.17, 15) is 9.90 Å². The molecule has 4 rings (SSSR count). The largest absolute Gasteiger partial charge is 0.478 e. The molecule has 2 atom stereocenters. The molecule has 2 saturated heterocycles. The van der Waals surface area contributed by atoms with Crippen molar-refractivity contribution in [2.24, 2.45) is 0 Å². The maximum atomic E-state index is 11.1. The van der Waals surface area contributed by atoms with Crippen molar-refractivity contribution in [1.82, 2.24) is 19.6 Å². The highest BCUT2D eigenvalue weighted by atomic mass is 16.4. The lowest BCUT2D eigenvalue weighted by Gasteiger charge is -2.44. The van der Waals surface area contributed by atoms with Crippen LogP contribution in [0.3, 0.4) is 0 Å². The van der Waals surface area contributed by atoms with Crippen molar-refractivity contribution in [2.75, 3.05) is 45.8 Å². The quantitative estimate of drug-likeness (QED) is 0.538. The Morgan fingerprint density at radius 2 is 1.35 bits per heavy atom. The van der Waals surface area contributed by atoms with E-state index in [-0.39, 0.29) is 0 Å². The average Bonchev–Trinajstić information content (AvgIpc) is 2.82. The Hall–Kier alpha value is -2.29. The van der Waals surface area contributed by atoms with Gasteiger partial charge in [0.25, 0.3) is 0 Å². The third-order valence-corrected chi connectivity index (χ3v) is 7.62. The molecule has 37 heavy (non-hydrogen) atoms. The molecule has 0 radical (unpaired) electrons. The van der Waals surface area contributed by atoms with E-state index in [1.807, 2.05) is 26.0 Å². The van der Waals surface area contributed by atoms with Gasteiger partial charge in [0.15, 0.2) is 0 Å². The number of carbonyl (C=O) groups is 1. The molecular formula is C30H44N4O3. The van der Waals surface area contributed by atoms with E-state index in [4.69, 9.17) is 5.11 Å². The topological polar surface area (TPSA) is 70.5 Å². The van der Waals surface area contributed by atoms with Gasteiger partial charge in [0.2, 0.25) is 0 Å². The molecule has 7 heteroatoms. The van der Waals surface area contributed by atoms with Gasteiger partial charge in [-0.25, -0.2) is 4.79 Å². The van der Waals surface area contributed by atoms with Gasteiger partial charge in [-0.05, 0) is 56.5 Å². The van der Waals surface area contributed by atoms with Crippen LogP contribution in [-0.2, 0) is 19.6 Å². The normalized spacial score (nSPS) is 22.8. The lowest BCUT2D eigenvalue weighted by atomic mass is 10.0. The van der Waals surface area contributed by atoms with Crippen LogP contribution < -0.4 is 0 Å². The van der Waals surface area contributed by atoms with E-state index in [1.165, 1.54) is 11.1 Å². The van der Waals surface area contributed by atoms with E-state index in [1.54, 1.807) is 12.1 Å². The summed E-state index contributed by atoms with van der Waals surface area (Å²) in [6, 6.07) is 17.2. The van der Waals surface area contributed by atoms with Gasteiger partial charge in [-0.1, -0.05) is 36.4 Å². The third kappa shape index (κ3) is 8.09. The highest BCUT2D eigenvalue weighted by molar-refractivity contribution is 5.87. The Kier molecular flexibility index (Phi) is 9.03. The van der Waals surface area contributed by atoms with Crippen molar-refractivity contribution in [1.29, 1.82) is 0 Å². The lowest BCUT2D eigenvalue weighted by molar-refractivity contribution is 0.0166. The first-order valence-electron chi connectivity index (χ1n) is 13.6. The number of nitrogens with zero attached hydrogens (tertiary/aromatic N) is 4. The first kappa shape index (κ1) is 27.7. The minimum atomic E-state index is -0.878. The molecule has 7 nitrogen and oxygen atoms in total. The minimum absolute atomic E-state index is 0.338. The number of β-amino-alcohol motifs (C(OH)–C–C–N with tert-alkyl or cyclic N) is 1. The van der Waals surface area contributed by atoms with Crippen molar-refractivity contribution >= 4 is 5.97 Å². The molecule has 202 valence electrons. The molecular weight excluding hydrogens is 464 g/mol. The van der Waals surface area contributed by atoms with Crippen LogP contribution in [0.5, 0.6) is 0 Å². The zero-order valence-electron chi connectivity index (χ0n) is 22.9. The fourth-order valence-corrected chi connectivity index (χ4v) is 5.87. The van der Waals surface area contributed by atoms with Crippen LogP contribution in [-0.4, -0.2) is 99.3 Å². The SMILES string of the molecule is C[C@@H]1CN(Cc2ccc(C(=O)O)cc2)C[C@H](C)N1Cc1cccc(CN2CCN(CC(C)(C)O)CC2)c1. The van der Waals surface area contributed by atoms with Gasteiger partial charge in [-0.15, -0.1) is 0 Å². The fraction of sp³-hybridized carbons (Fsp3) is 0.567. The summed E-state index contributed by atoms with van der Waals surface area (Å²) in [5, 5.41) is 19.2. The average molecular weight is 509 g/mol. The molecule has 0 bridgehead atoms. The fourth-order valence-electron chi connectivity index (χ4n) is 5.87. The zero-order chi connectivity index (χ0) is 26.6. The molecule has 0 aromatic heterocycles. The van der Waals surface area contributed by atoms with E-state index < -0.39 is 11.6 Å². The van der Waals surface area contributed by atoms with Crippen molar-refractivity contribution in [2.45, 2.75) is 65.0 Å². The molecule has 2 fully saturated rings. The number of piperazine rings is 2. The maximum Gasteiger partial charge on any atom is 0.335 e. The Balaban J connectivity index is 1.28. The second-order valence-corrected chi connectivity index (χ2v) is 11.8. The number of aliphatic hydroxyl groups is 1. The van der Waals surface area contributed by atoms with Crippen LogP contribution in [0.15, 0.2) is 48.5 Å².